The van der Waals surface area contributed by atoms with Gasteiger partial charge in [0.15, 0.2) is 0 Å². The number of unbranched alkanes of at least 4 members (excludes halogenated alkanes) is 2. The van der Waals surface area contributed by atoms with E-state index in [0.29, 0.717) is 0 Å². The van der Waals surface area contributed by atoms with E-state index < -0.39 is 0 Å². The van der Waals surface area contributed by atoms with Gasteiger partial charge in [0.1, 0.15) is 0 Å². The fourth-order valence-electron chi connectivity index (χ4n) is 3.92. The van der Waals surface area contributed by atoms with Crippen molar-refractivity contribution in [2.75, 3.05) is 12.3 Å². The maximum atomic E-state index is 2.44. The molecule has 0 spiro atoms. The van der Waals surface area contributed by atoms with Crippen molar-refractivity contribution in [3.05, 3.63) is 77.9 Å². The molecule has 0 saturated carbocycles. The van der Waals surface area contributed by atoms with Crippen molar-refractivity contribution in [2.45, 2.75) is 53.4 Å². The maximum absolute atomic E-state index is 2.44. The summed E-state index contributed by atoms with van der Waals surface area (Å²) >= 11 is 0. The van der Waals surface area contributed by atoms with Crippen LogP contribution in [0.15, 0.2) is 66.7 Å². The number of hydrogen-bond acceptors (Lipinski definition) is 0. The van der Waals surface area contributed by atoms with Gasteiger partial charge in [0.25, 0.3) is 0 Å². The summed E-state index contributed by atoms with van der Waals surface area (Å²) in [5.74, 6) is 0. The molecule has 0 N–H and O–H groups in total. The van der Waals surface area contributed by atoms with E-state index in [1.54, 1.807) is 5.30 Å². The number of fused-ring (bicyclic) bond motifs is 2. The van der Waals surface area contributed by atoms with E-state index >= 15 is 0 Å². The van der Waals surface area contributed by atoms with Crippen LogP contribution in [0, 0.1) is 13.8 Å². The average Bonchev–Trinajstić information content (AvgIpc) is 3.39. The molecule has 0 nitrogen and oxygen atoms in total. The van der Waals surface area contributed by atoms with Crippen LogP contribution in [0.2, 0.25) is 0 Å². The summed E-state index contributed by atoms with van der Waals surface area (Å²) in [4.78, 5) is 0. The largest absolute Gasteiger partial charge is 4.00 e. The van der Waals surface area contributed by atoms with E-state index in [1.165, 1.54) is 70.7 Å². The zero-order valence-corrected chi connectivity index (χ0v) is 24.7. The second-order valence-electron chi connectivity index (χ2n) is 8.09. The number of halogens is 2. The van der Waals surface area contributed by atoms with E-state index in [2.05, 4.69) is 94.4 Å². The number of aryl methyl sites for hydroxylation is 2. The summed E-state index contributed by atoms with van der Waals surface area (Å²) in [6, 6.07) is 24.5. The van der Waals surface area contributed by atoms with Crippen molar-refractivity contribution in [3.8, 4) is 0 Å². The molecule has 4 heteroatoms. The Morgan fingerprint density at radius 3 is 2.03 bits per heavy atom. The molecule has 0 aliphatic rings. The van der Waals surface area contributed by atoms with Crippen molar-refractivity contribution in [2.24, 2.45) is 0 Å². The van der Waals surface area contributed by atoms with Gasteiger partial charge >= 0.3 is 26.2 Å². The average molecular weight is 565 g/mol. The van der Waals surface area contributed by atoms with Crippen molar-refractivity contribution >= 4 is 34.8 Å². The molecule has 4 aromatic carbocycles. The minimum atomic E-state index is 0. The van der Waals surface area contributed by atoms with Crippen LogP contribution >= 0.6 is 7.92 Å². The summed E-state index contributed by atoms with van der Waals surface area (Å²) in [5.41, 5.74) is 2.74. The third-order valence-corrected chi connectivity index (χ3v) is 8.48. The Balaban J connectivity index is 0.000000598. The second-order valence-corrected chi connectivity index (χ2v) is 10.6. The van der Waals surface area contributed by atoms with Gasteiger partial charge in [0.2, 0.25) is 0 Å². The van der Waals surface area contributed by atoms with Crippen molar-refractivity contribution in [1.82, 2.24) is 0 Å². The first-order valence-corrected chi connectivity index (χ1v) is 12.9. The fraction of sp³-hybridized carbons (Fsp3) is 0.357. The molecule has 4 rings (SSSR count). The first-order chi connectivity index (χ1) is 14.1. The number of benzene rings is 2. The molecule has 32 heavy (non-hydrogen) atoms. The van der Waals surface area contributed by atoms with Gasteiger partial charge in [0.05, 0.1) is 0 Å². The van der Waals surface area contributed by atoms with E-state index in [1.807, 2.05) is 0 Å². The van der Waals surface area contributed by atoms with Gasteiger partial charge in [-0.2, -0.15) is 18.2 Å². The molecule has 0 amide bonds. The van der Waals surface area contributed by atoms with E-state index in [0.717, 1.165) is 0 Å². The Kier molecular flexibility index (Phi) is 16.0. The first-order valence-electron chi connectivity index (χ1n) is 11.2. The molecule has 0 aromatic heterocycles. The van der Waals surface area contributed by atoms with Crippen LogP contribution < -0.4 is 30.1 Å². The molecule has 0 unspecified atom stereocenters. The summed E-state index contributed by atoms with van der Waals surface area (Å²) < 4.78 is 0. The van der Waals surface area contributed by atoms with E-state index in [9.17, 15) is 0 Å². The predicted molar refractivity (Wildman–Crippen MR) is 135 cm³/mol. The van der Waals surface area contributed by atoms with Crippen LogP contribution in [0.3, 0.4) is 0 Å². The third kappa shape index (κ3) is 8.40. The maximum Gasteiger partial charge on any atom is 4.00 e. The molecule has 0 atom stereocenters. The van der Waals surface area contributed by atoms with Gasteiger partial charge in [0, 0.05) is 0 Å². The standard InChI is InChI=1S/C17H24P.C11H11.2ClH.Zr/c1-3-5-11-18(12-6-4-2)17-13-15-9-7-8-10-16(15)14-17;1-8-6-7-9(2)11-5-3-4-10(8)11;;;/h7-10,13-14H,3-6,11-12H2,1-2H3;3-7H,1-2H3;2*1H;/q2*-1;;;+4/p-2. The summed E-state index contributed by atoms with van der Waals surface area (Å²) in [6.45, 7) is 8.91. The summed E-state index contributed by atoms with van der Waals surface area (Å²) in [7, 11) is 0.0856. The molecule has 0 saturated heterocycles. The first kappa shape index (κ1) is 31.6. The van der Waals surface area contributed by atoms with Gasteiger partial charge in [-0.3, -0.25) is 0 Å². The van der Waals surface area contributed by atoms with Gasteiger partial charge in [-0.25, -0.2) is 0 Å². The Morgan fingerprint density at radius 1 is 0.812 bits per heavy atom. The number of hydrogen-bond donors (Lipinski definition) is 0. The van der Waals surface area contributed by atoms with Gasteiger partial charge in [-0.15, -0.1) is 68.8 Å². The van der Waals surface area contributed by atoms with Gasteiger partial charge < -0.3 is 24.8 Å². The van der Waals surface area contributed by atoms with Crippen LogP contribution in [-0.4, -0.2) is 12.3 Å². The smallest absolute Gasteiger partial charge is 1.00 e. The summed E-state index contributed by atoms with van der Waals surface area (Å²) in [6.07, 6.45) is 8.26. The second kappa shape index (κ2) is 16.2. The van der Waals surface area contributed by atoms with Crippen LogP contribution in [0.4, 0.5) is 0 Å². The molecule has 0 bridgehead atoms. The van der Waals surface area contributed by atoms with Crippen molar-refractivity contribution < 1.29 is 51.0 Å². The van der Waals surface area contributed by atoms with E-state index in [-0.39, 0.29) is 58.9 Å². The quantitative estimate of drug-likeness (QED) is 0.239. The van der Waals surface area contributed by atoms with E-state index in [4.69, 9.17) is 0 Å². The van der Waals surface area contributed by atoms with Crippen LogP contribution in [0.1, 0.15) is 50.7 Å². The normalized spacial score (nSPS) is 10.2. The Morgan fingerprint density at radius 2 is 1.44 bits per heavy atom. The number of rotatable bonds is 7. The van der Waals surface area contributed by atoms with Crippen LogP contribution in [0.5, 0.6) is 0 Å². The molecular formula is C28H35Cl2PZr. The molecule has 4 aromatic rings. The Hall–Kier alpha value is -0.447. The minimum Gasteiger partial charge on any atom is -1.00 e. The fourth-order valence-corrected chi connectivity index (χ4v) is 6.70. The molecule has 0 fully saturated rings. The molecule has 0 radical (unpaired) electrons. The minimum absolute atomic E-state index is 0. The van der Waals surface area contributed by atoms with Crippen LogP contribution in [-0.2, 0) is 26.2 Å². The third-order valence-electron chi connectivity index (χ3n) is 5.78. The molecular weight excluding hydrogens is 529 g/mol. The molecule has 0 aliphatic carbocycles. The van der Waals surface area contributed by atoms with Crippen molar-refractivity contribution in [3.63, 3.8) is 0 Å². The molecule has 170 valence electrons. The van der Waals surface area contributed by atoms with Gasteiger partial charge in [-0.1, -0.05) is 59.2 Å². The zero-order valence-electron chi connectivity index (χ0n) is 19.8. The predicted octanol–water partition coefficient (Wildman–Crippen LogP) is 2.45. The monoisotopic (exact) mass is 562 g/mol. The topological polar surface area (TPSA) is 0 Å². The summed E-state index contributed by atoms with van der Waals surface area (Å²) in [5, 5.41) is 7.27. The zero-order chi connectivity index (χ0) is 20.6. The van der Waals surface area contributed by atoms with Gasteiger partial charge in [-0.05, 0) is 32.1 Å². The Bertz CT molecular complexity index is 957. The van der Waals surface area contributed by atoms with Crippen molar-refractivity contribution in [1.29, 1.82) is 0 Å². The SMILES string of the molecule is CCCCP(CCCC)c1cc2ccccc2[cH-]1.Cc1ccc(C)c2[cH-]ccc12.[Cl-].[Cl-].[Zr+4]. The molecule has 0 aliphatic heterocycles. The molecule has 0 heterocycles. The Labute approximate surface area is 228 Å². The van der Waals surface area contributed by atoms with Crippen LogP contribution in [0.25, 0.3) is 21.5 Å².